The number of hydrogen-bond donors (Lipinski definition) is 0. The molecule has 1 aliphatic heterocycles. The van der Waals surface area contributed by atoms with Crippen LogP contribution in [0.5, 0.6) is 0 Å². The third-order valence-corrected chi connectivity index (χ3v) is 5.06. The standard InChI is InChI=1S/C22H22N4/c1-5-20-21(6-2)26(4)22(25(20)3)18-10-9-15-11-17(19(13-23)14-24)8-7-16(15)12-18/h7-12H,5-6H2,1-4H3. The minimum Gasteiger partial charge on any atom is -0.332 e. The molecule has 3 rings (SSSR count). The molecule has 0 saturated carbocycles. The summed E-state index contributed by atoms with van der Waals surface area (Å²) in [4.78, 5) is 4.57. The lowest BCUT2D eigenvalue weighted by Crippen LogP contribution is -2.25. The van der Waals surface area contributed by atoms with Crippen LogP contribution in [0.3, 0.4) is 0 Å². The molecule has 2 aromatic carbocycles. The Kier molecular flexibility index (Phi) is 4.69. The first kappa shape index (κ1) is 17.6. The van der Waals surface area contributed by atoms with E-state index in [1.807, 2.05) is 30.3 Å². The normalized spacial score (nSPS) is 14.0. The van der Waals surface area contributed by atoms with Crippen molar-refractivity contribution in [2.24, 2.45) is 0 Å². The monoisotopic (exact) mass is 342 g/mol. The molecule has 0 radical (unpaired) electrons. The Hall–Kier alpha value is -3.24. The highest BCUT2D eigenvalue weighted by atomic mass is 15.4. The van der Waals surface area contributed by atoms with E-state index in [9.17, 15) is 0 Å². The smallest absolute Gasteiger partial charge is 0.136 e. The fourth-order valence-corrected chi connectivity index (χ4v) is 3.83. The Balaban J connectivity index is 2.22. The van der Waals surface area contributed by atoms with Crippen molar-refractivity contribution in [1.29, 1.82) is 10.5 Å². The Morgan fingerprint density at radius 3 is 1.92 bits per heavy atom. The molecule has 0 amide bonds. The Labute approximate surface area is 154 Å². The van der Waals surface area contributed by atoms with Gasteiger partial charge in [0.1, 0.15) is 23.5 Å². The van der Waals surface area contributed by atoms with E-state index >= 15 is 0 Å². The van der Waals surface area contributed by atoms with E-state index in [4.69, 9.17) is 10.5 Å². The van der Waals surface area contributed by atoms with E-state index in [0.29, 0.717) is 5.22 Å². The van der Waals surface area contributed by atoms with Crippen molar-refractivity contribution in [2.45, 2.75) is 26.7 Å². The van der Waals surface area contributed by atoms with Gasteiger partial charge in [0.2, 0.25) is 0 Å². The fourth-order valence-electron chi connectivity index (χ4n) is 3.83. The highest BCUT2D eigenvalue weighted by Crippen LogP contribution is 2.33. The highest BCUT2D eigenvalue weighted by Gasteiger charge is 2.27. The highest BCUT2D eigenvalue weighted by molar-refractivity contribution is 5.85. The molecule has 1 heterocycles. The van der Waals surface area contributed by atoms with Crippen LogP contribution >= 0.6 is 0 Å². The zero-order chi connectivity index (χ0) is 18.8. The molecule has 0 atom stereocenters. The quantitative estimate of drug-likeness (QED) is 0.842. The number of benzene rings is 2. The summed E-state index contributed by atoms with van der Waals surface area (Å²) in [6.45, 7) is 4.39. The predicted octanol–water partition coefficient (Wildman–Crippen LogP) is 3.01. The van der Waals surface area contributed by atoms with Crippen LogP contribution in [-0.4, -0.2) is 23.9 Å². The van der Waals surface area contributed by atoms with Crippen molar-refractivity contribution in [3.63, 3.8) is 0 Å². The summed E-state index contributed by atoms with van der Waals surface area (Å²) in [6, 6.07) is 16.0. The maximum Gasteiger partial charge on any atom is 0.136 e. The van der Waals surface area contributed by atoms with Crippen molar-refractivity contribution in [3.8, 4) is 12.1 Å². The van der Waals surface area contributed by atoms with Gasteiger partial charge in [0.25, 0.3) is 0 Å². The molecule has 0 fully saturated rings. The van der Waals surface area contributed by atoms with Crippen LogP contribution in [0.15, 0.2) is 47.8 Å². The maximum atomic E-state index is 9.07. The first-order valence-electron chi connectivity index (χ1n) is 8.83. The second-order valence-electron chi connectivity index (χ2n) is 6.42. The Morgan fingerprint density at radius 2 is 1.38 bits per heavy atom. The van der Waals surface area contributed by atoms with Gasteiger partial charge < -0.3 is 9.80 Å². The second kappa shape index (κ2) is 6.94. The molecule has 4 heteroatoms. The van der Waals surface area contributed by atoms with E-state index in [1.165, 1.54) is 17.2 Å². The number of allylic oxidation sites excluding steroid dienone is 2. The summed E-state index contributed by atoms with van der Waals surface area (Å²) in [5.74, 6) is 1.19. The molecule has 26 heavy (non-hydrogen) atoms. The van der Waals surface area contributed by atoms with Gasteiger partial charge in [-0.05, 0) is 35.7 Å². The molecule has 1 aliphatic rings. The van der Waals surface area contributed by atoms with E-state index < -0.39 is 0 Å². The van der Waals surface area contributed by atoms with Crippen molar-refractivity contribution in [1.82, 2.24) is 9.80 Å². The number of hydrogen-bond acceptors (Lipinski definition) is 4. The van der Waals surface area contributed by atoms with Crippen LogP contribution in [0.1, 0.15) is 26.7 Å². The van der Waals surface area contributed by atoms with Crippen LogP contribution in [0.2, 0.25) is 0 Å². The first-order valence-corrected chi connectivity index (χ1v) is 8.83. The summed E-state index contributed by atoms with van der Waals surface area (Å²) in [5, 5.41) is 22.1. The molecule has 130 valence electrons. The lowest BCUT2D eigenvalue weighted by Gasteiger charge is -2.21. The third kappa shape index (κ3) is 2.70. The van der Waals surface area contributed by atoms with Gasteiger partial charge in [-0.25, -0.2) is 0 Å². The summed E-state index contributed by atoms with van der Waals surface area (Å²) in [7, 11) is 4.25. The van der Waals surface area contributed by atoms with Gasteiger partial charge in [0.15, 0.2) is 0 Å². The zero-order valence-corrected chi connectivity index (χ0v) is 15.7. The van der Waals surface area contributed by atoms with Crippen molar-refractivity contribution in [3.05, 3.63) is 58.2 Å². The van der Waals surface area contributed by atoms with Crippen LogP contribution in [0.4, 0.5) is 0 Å². The van der Waals surface area contributed by atoms with E-state index in [0.717, 1.165) is 28.8 Å². The number of nitrogens with zero attached hydrogens (tertiary/aromatic N) is 4. The molecular weight excluding hydrogens is 320 g/mol. The van der Waals surface area contributed by atoms with Gasteiger partial charge >= 0.3 is 0 Å². The molecule has 0 bridgehead atoms. The van der Waals surface area contributed by atoms with Crippen LogP contribution in [0.25, 0.3) is 22.2 Å². The molecular formula is C22H22N4. The maximum absolute atomic E-state index is 9.07. The SMILES string of the molecule is CCC1=C(CC)N(C)C(=c2ccc3cc(=C(C#N)C#N)ccc3c2)N1C. The number of rotatable bonds is 2. The summed E-state index contributed by atoms with van der Waals surface area (Å²) in [5.41, 5.74) is 2.87. The third-order valence-electron chi connectivity index (χ3n) is 5.06. The average molecular weight is 342 g/mol. The van der Waals surface area contributed by atoms with Crippen LogP contribution in [-0.2, 0) is 0 Å². The van der Waals surface area contributed by atoms with Gasteiger partial charge in [-0.15, -0.1) is 0 Å². The predicted molar refractivity (Wildman–Crippen MR) is 104 cm³/mol. The number of nitriles is 2. The molecule has 0 aromatic heterocycles. The summed E-state index contributed by atoms with van der Waals surface area (Å²) < 4.78 is 0. The molecule has 2 aromatic rings. The zero-order valence-electron chi connectivity index (χ0n) is 15.7. The van der Waals surface area contributed by atoms with E-state index in [1.54, 1.807) is 0 Å². The van der Waals surface area contributed by atoms with Crippen LogP contribution in [0, 0.1) is 22.7 Å². The average Bonchev–Trinajstić information content (AvgIpc) is 2.91. The minimum atomic E-state index is 0.144. The number of fused-ring (bicyclic) bond motifs is 1. The lowest BCUT2D eigenvalue weighted by molar-refractivity contribution is 0.506. The largest absolute Gasteiger partial charge is 0.332 e. The van der Waals surface area contributed by atoms with Crippen LogP contribution < -0.4 is 10.4 Å². The van der Waals surface area contributed by atoms with Gasteiger partial charge in [0, 0.05) is 35.9 Å². The summed E-state index contributed by atoms with van der Waals surface area (Å²) >= 11 is 0. The van der Waals surface area contributed by atoms with E-state index in [-0.39, 0.29) is 5.57 Å². The second-order valence-corrected chi connectivity index (χ2v) is 6.42. The topological polar surface area (TPSA) is 54.1 Å². The lowest BCUT2D eigenvalue weighted by atomic mass is 10.1. The van der Waals surface area contributed by atoms with Gasteiger partial charge in [-0.1, -0.05) is 38.1 Å². The molecule has 0 saturated heterocycles. The molecule has 0 spiro atoms. The van der Waals surface area contributed by atoms with Crippen molar-refractivity contribution < 1.29 is 0 Å². The molecule has 0 N–H and O–H groups in total. The molecule has 0 unspecified atom stereocenters. The van der Waals surface area contributed by atoms with Crippen molar-refractivity contribution >= 4 is 22.2 Å². The Morgan fingerprint density at radius 1 is 0.846 bits per heavy atom. The van der Waals surface area contributed by atoms with Gasteiger partial charge in [-0.3, -0.25) is 0 Å². The van der Waals surface area contributed by atoms with Crippen molar-refractivity contribution in [2.75, 3.05) is 14.1 Å². The first-order chi connectivity index (χ1) is 12.5. The molecule has 4 nitrogen and oxygen atoms in total. The fraction of sp³-hybridized carbons (Fsp3) is 0.273. The van der Waals surface area contributed by atoms with E-state index in [2.05, 4.69) is 55.9 Å². The minimum absolute atomic E-state index is 0.144. The van der Waals surface area contributed by atoms with Gasteiger partial charge in [-0.2, -0.15) is 10.5 Å². The summed E-state index contributed by atoms with van der Waals surface area (Å²) in [6.07, 6.45) is 2.01. The molecule has 0 aliphatic carbocycles. The Bertz CT molecular complexity index is 1070. The van der Waals surface area contributed by atoms with Gasteiger partial charge in [0.05, 0.1) is 0 Å².